The fraction of sp³-hybridized carbons (Fsp3) is 0.125. The molecule has 14 heavy (non-hydrogen) atoms. The van der Waals surface area contributed by atoms with Gasteiger partial charge in [-0.2, -0.15) is 0 Å². The highest BCUT2D eigenvalue weighted by atomic mass is 79.9. The number of aromatic nitrogens is 1. The Morgan fingerprint density at radius 1 is 1.50 bits per heavy atom. The van der Waals surface area contributed by atoms with E-state index in [0.717, 1.165) is 0 Å². The van der Waals surface area contributed by atoms with E-state index < -0.39 is 18.4 Å². The molecule has 1 aromatic heterocycles. The monoisotopic (exact) mass is 258 g/mol. The molecule has 0 unspecified atom stereocenters. The van der Waals surface area contributed by atoms with Gasteiger partial charge in [0.25, 0.3) is 5.91 Å². The van der Waals surface area contributed by atoms with Crippen molar-refractivity contribution in [3.8, 4) is 0 Å². The average molecular weight is 259 g/mol. The Balaban J connectivity index is 2.65. The van der Waals surface area contributed by atoms with Crippen molar-refractivity contribution in [1.82, 2.24) is 10.3 Å². The fourth-order valence-corrected chi connectivity index (χ4v) is 1.16. The number of carbonyl (C=O) groups is 2. The van der Waals surface area contributed by atoms with E-state index >= 15 is 0 Å². The molecule has 74 valence electrons. The minimum absolute atomic E-state index is 0.320. The van der Waals surface area contributed by atoms with E-state index in [2.05, 4.69) is 26.2 Å². The lowest BCUT2D eigenvalue weighted by molar-refractivity contribution is -0.135. The van der Waals surface area contributed by atoms with E-state index in [-0.39, 0.29) is 0 Å². The van der Waals surface area contributed by atoms with Gasteiger partial charge in [-0.1, -0.05) is 0 Å². The number of carboxylic acid groups (broad SMARTS) is 1. The number of carbonyl (C=O) groups excluding carboxylic acids is 1. The summed E-state index contributed by atoms with van der Waals surface area (Å²) >= 11 is 3.15. The lowest BCUT2D eigenvalue weighted by Gasteiger charge is -2.01. The van der Waals surface area contributed by atoms with Crippen molar-refractivity contribution < 1.29 is 14.7 Å². The number of aliphatic carboxylic acids is 1. The standard InChI is InChI=1S/C8H7BrN2O3/c9-6-1-5(2-10-3-6)8(14)11-4-7(12)13/h1-3H,4H2,(H,11,14)(H,12,13). The molecule has 1 heterocycles. The Labute approximate surface area is 88.3 Å². The molecule has 1 aromatic rings. The molecule has 0 atom stereocenters. The van der Waals surface area contributed by atoms with Crippen LogP contribution in [-0.4, -0.2) is 28.5 Å². The fourth-order valence-electron chi connectivity index (χ4n) is 0.794. The van der Waals surface area contributed by atoms with Crippen molar-refractivity contribution >= 4 is 27.8 Å². The van der Waals surface area contributed by atoms with Crippen LogP contribution in [0.15, 0.2) is 22.9 Å². The van der Waals surface area contributed by atoms with Crippen molar-refractivity contribution in [2.45, 2.75) is 0 Å². The first-order valence-electron chi connectivity index (χ1n) is 3.70. The molecule has 0 spiro atoms. The lowest BCUT2D eigenvalue weighted by Crippen LogP contribution is -2.29. The lowest BCUT2D eigenvalue weighted by atomic mass is 10.3. The van der Waals surface area contributed by atoms with Crippen LogP contribution in [-0.2, 0) is 4.79 Å². The molecule has 0 radical (unpaired) electrons. The van der Waals surface area contributed by atoms with Gasteiger partial charge in [-0.05, 0) is 22.0 Å². The van der Waals surface area contributed by atoms with Gasteiger partial charge in [0.15, 0.2) is 0 Å². The summed E-state index contributed by atoms with van der Waals surface area (Å²) in [5, 5.41) is 10.6. The summed E-state index contributed by atoms with van der Waals surface area (Å²) in [4.78, 5) is 25.2. The van der Waals surface area contributed by atoms with Gasteiger partial charge in [-0.25, -0.2) is 0 Å². The van der Waals surface area contributed by atoms with Crippen LogP contribution < -0.4 is 5.32 Å². The molecule has 0 saturated carbocycles. The number of amides is 1. The van der Waals surface area contributed by atoms with Crippen molar-refractivity contribution in [2.24, 2.45) is 0 Å². The van der Waals surface area contributed by atoms with Crippen LogP contribution >= 0.6 is 15.9 Å². The number of pyridine rings is 1. The summed E-state index contributed by atoms with van der Waals surface area (Å²) < 4.78 is 0.667. The molecule has 1 amide bonds. The first-order valence-corrected chi connectivity index (χ1v) is 4.49. The summed E-state index contributed by atoms with van der Waals surface area (Å²) in [7, 11) is 0. The van der Waals surface area contributed by atoms with E-state index in [1.165, 1.54) is 12.4 Å². The summed E-state index contributed by atoms with van der Waals surface area (Å²) in [6.07, 6.45) is 2.90. The van der Waals surface area contributed by atoms with E-state index in [1.54, 1.807) is 6.07 Å². The van der Waals surface area contributed by atoms with Crippen LogP contribution in [0.2, 0.25) is 0 Å². The third-order valence-corrected chi connectivity index (χ3v) is 1.80. The number of halogens is 1. The van der Waals surface area contributed by atoms with Crippen molar-refractivity contribution in [2.75, 3.05) is 6.54 Å². The Bertz CT molecular complexity index is 367. The number of hydrogen-bond acceptors (Lipinski definition) is 3. The van der Waals surface area contributed by atoms with Gasteiger partial charge < -0.3 is 10.4 Å². The van der Waals surface area contributed by atoms with Crippen LogP contribution in [0.25, 0.3) is 0 Å². The highest BCUT2D eigenvalue weighted by molar-refractivity contribution is 9.10. The minimum Gasteiger partial charge on any atom is -0.480 e. The molecule has 0 aliphatic rings. The highest BCUT2D eigenvalue weighted by Crippen LogP contribution is 2.08. The maximum atomic E-state index is 11.3. The molecule has 0 fully saturated rings. The molecule has 6 heteroatoms. The van der Waals surface area contributed by atoms with Crippen molar-refractivity contribution in [3.05, 3.63) is 28.5 Å². The van der Waals surface area contributed by atoms with Gasteiger partial charge in [-0.3, -0.25) is 14.6 Å². The Morgan fingerprint density at radius 3 is 2.79 bits per heavy atom. The first kappa shape index (κ1) is 10.6. The largest absolute Gasteiger partial charge is 0.480 e. The third kappa shape index (κ3) is 3.14. The number of rotatable bonds is 3. The van der Waals surface area contributed by atoms with E-state index in [9.17, 15) is 9.59 Å². The predicted molar refractivity (Wildman–Crippen MR) is 51.9 cm³/mol. The number of nitrogens with zero attached hydrogens (tertiary/aromatic N) is 1. The molecule has 0 bridgehead atoms. The Kier molecular flexibility index (Phi) is 3.58. The predicted octanol–water partition coefficient (Wildman–Crippen LogP) is 0.658. The zero-order valence-electron chi connectivity index (χ0n) is 7.03. The summed E-state index contributed by atoms with van der Waals surface area (Å²) in [6, 6.07) is 1.56. The SMILES string of the molecule is O=C(O)CNC(=O)c1cncc(Br)c1. The van der Waals surface area contributed by atoms with E-state index in [4.69, 9.17) is 5.11 Å². The third-order valence-electron chi connectivity index (χ3n) is 1.37. The van der Waals surface area contributed by atoms with Crippen molar-refractivity contribution in [3.63, 3.8) is 0 Å². The zero-order valence-corrected chi connectivity index (χ0v) is 8.61. The molecule has 1 rings (SSSR count). The Hall–Kier alpha value is -1.43. The topological polar surface area (TPSA) is 79.3 Å². The van der Waals surface area contributed by atoms with Gasteiger partial charge in [0.05, 0.1) is 5.56 Å². The summed E-state index contributed by atoms with van der Waals surface area (Å²) in [5.74, 6) is -1.54. The second-order valence-corrected chi connectivity index (χ2v) is 3.38. The second-order valence-electron chi connectivity index (χ2n) is 2.47. The molecule has 5 nitrogen and oxygen atoms in total. The summed E-state index contributed by atoms with van der Waals surface area (Å²) in [5.41, 5.74) is 0.320. The number of nitrogens with one attached hydrogen (secondary N) is 1. The van der Waals surface area contributed by atoms with Gasteiger partial charge in [0.2, 0.25) is 0 Å². The maximum absolute atomic E-state index is 11.3. The van der Waals surface area contributed by atoms with Gasteiger partial charge in [-0.15, -0.1) is 0 Å². The second kappa shape index (κ2) is 4.71. The summed E-state index contributed by atoms with van der Waals surface area (Å²) in [6.45, 7) is -0.397. The number of hydrogen-bond donors (Lipinski definition) is 2. The van der Waals surface area contributed by atoms with Crippen LogP contribution in [0.1, 0.15) is 10.4 Å². The zero-order chi connectivity index (χ0) is 10.6. The first-order chi connectivity index (χ1) is 6.59. The van der Waals surface area contributed by atoms with E-state index in [0.29, 0.717) is 10.0 Å². The van der Waals surface area contributed by atoms with Gasteiger partial charge >= 0.3 is 5.97 Å². The van der Waals surface area contributed by atoms with Crippen LogP contribution in [0.5, 0.6) is 0 Å². The molecule has 2 N–H and O–H groups in total. The molecular weight excluding hydrogens is 252 g/mol. The molecule has 0 aliphatic carbocycles. The normalized spacial score (nSPS) is 9.50. The highest BCUT2D eigenvalue weighted by Gasteiger charge is 2.07. The molecule has 0 aliphatic heterocycles. The van der Waals surface area contributed by atoms with Crippen LogP contribution in [0, 0.1) is 0 Å². The van der Waals surface area contributed by atoms with Crippen molar-refractivity contribution in [1.29, 1.82) is 0 Å². The molecule has 0 aromatic carbocycles. The average Bonchev–Trinajstić information content (AvgIpc) is 2.14. The van der Waals surface area contributed by atoms with E-state index in [1.807, 2.05) is 0 Å². The molecule has 0 saturated heterocycles. The quantitative estimate of drug-likeness (QED) is 0.835. The van der Waals surface area contributed by atoms with Crippen LogP contribution in [0.4, 0.5) is 0 Å². The van der Waals surface area contributed by atoms with Gasteiger partial charge in [0.1, 0.15) is 6.54 Å². The number of carboxylic acids is 1. The van der Waals surface area contributed by atoms with Crippen LogP contribution in [0.3, 0.4) is 0 Å². The Morgan fingerprint density at radius 2 is 2.21 bits per heavy atom. The minimum atomic E-state index is -1.08. The molecular formula is C8H7BrN2O3. The smallest absolute Gasteiger partial charge is 0.322 e. The van der Waals surface area contributed by atoms with Gasteiger partial charge in [0, 0.05) is 16.9 Å². The maximum Gasteiger partial charge on any atom is 0.322 e.